The second-order valence-electron chi connectivity index (χ2n) is 5.76. The highest BCUT2D eigenvalue weighted by Gasteiger charge is 2.42. The summed E-state index contributed by atoms with van der Waals surface area (Å²) in [7, 11) is 0. The number of carbonyl (C=O) groups is 1. The molecule has 19 heavy (non-hydrogen) atoms. The Morgan fingerprint density at radius 1 is 1.42 bits per heavy atom. The van der Waals surface area contributed by atoms with Gasteiger partial charge in [0.2, 0.25) is 5.91 Å². The number of piperidine rings is 1. The number of aromatic nitrogens is 1. The minimum absolute atomic E-state index is 0.168. The van der Waals surface area contributed by atoms with Gasteiger partial charge in [-0.15, -0.1) is 0 Å². The maximum absolute atomic E-state index is 12.5. The zero-order valence-corrected chi connectivity index (χ0v) is 11.2. The monoisotopic (exact) mass is 260 g/mol. The van der Waals surface area contributed by atoms with Crippen LogP contribution in [0.25, 0.3) is 0 Å². The lowest BCUT2D eigenvalue weighted by atomic mass is 9.99. The molecule has 2 fully saturated rings. The number of aliphatic hydroxyl groups is 1. The van der Waals surface area contributed by atoms with Gasteiger partial charge < -0.3 is 10.0 Å². The second-order valence-corrected chi connectivity index (χ2v) is 5.76. The number of fused-ring (bicyclic) bond motifs is 2. The largest absolute Gasteiger partial charge is 0.393 e. The van der Waals surface area contributed by atoms with E-state index < -0.39 is 0 Å². The Labute approximate surface area is 113 Å². The standard InChI is InChI=1S/C15H20N2O2/c1-10-3-2-6-16-14(10)9-15(19)17-11-4-5-12(17)8-13(18)7-11/h2-3,6,11-13,18H,4-5,7-9H2,1H3. The van der Waals surface area contributed by atoms with Gasteiger partial charge in [-0.1, -0.05) is 6.07 Å². The first-order chi connectivity index (χ1) is 9.15. The molecule has 0 spiro atoms. The van der Waals surface area contributed by atoms with Gasteiger partial charge in [0, 0.05) is 18.3 Å². The number of hydrogen-bond donors (Lipinski definition) is 1. The maximum atomic E-state index is 12.5. The van der Waals surface area contributed by atoms with Gasteiger partial charge in [0.1, 0.15) is 0 Å². The van der Waals surface area contributed by atoms with Crippen molar-refractivity contribution in [2.75, 3.05) is 0 Å². The Balaban J connectivity index is 1.73. The van der Waals surface area contributed by atoms with Crippen molar-refractivity contribution in [1.29, 1.82) is 0 Å². The van der Waals surface area contributed by atoms with Gasteiger partial charge in [-0.2, -0.15) is 0 Å². The molecule has 1 N–H and O–H groups in total. The van der Waals surface area contributed by atoms with Crippen LogP contribution >= 0.6 is 0 Å². The summed E-state index contributed by atoms with van der Waals surface area (Å²) < 4.78 is 0. The van der Waals surface area contributed by atoms with E-state index in [2.05, 4.69) is 4.98 Å². The Morgan fingerprint density at radius 2 is 2.11 bits per heavy atom. The van der Waals surface area contributed by atoms with Gasteiger partial charge >= 0.3 is 0 Å². The Kier molecular flexibility index (Phi) is 3.27. The Bertz CT molecular complexity index is 475. The van der Waals surface area contributed by atoms with E-state index in [4.69, 9.17) is 0 Å². The number of rotatable bonds is 2. The first-order valence-electron chi connectivity index (χ1n) is 7.05. The topological polar surface area (TPSA) is 53.4 Å². The lowest BCUT2D eigenvalue weighted by molar-refractivity contribution is -0.136. The molecule has 2 aliphatic heterocycles. The van der Waals surface area contributed by atoms with Gasteiger partial charge in [-0.3, -0.25) is 9.78 Å². The predicted octanol–water partition coefficient (Wildman–Crippen LogP) is 1.45. The molecule has 2 saturated heterocycles. The summed E-state index contributed by atoms with van der Waals surface area (Å²) in [5.74, 6) is 0.168. The van der Waals surface area contributed by atoms with Crippen LogP contribution in [0.5, 0.6) is 0 Å². The van der Waals surface area contributed by atoms with E-state index in [1.165, 1.54) is 0 Å². The van der Waals surface area contributed by atoms with Crippen LogP contribution in [0.1, 0.15) is 36.9 Å². The quantitative estimate of drug-likeness (QED) is 0.875. The third-order valence-electron chi connectivity index (χ3n) is 4.43. The van der Waals surface area contributed by atoms with Crippen LogP contribution in [0.3, 0.4) is 0 Å². The summed E-state index contributed by atoms with van der Waals surface area (Å²) in [6, 6.07) is 4.37. The highest BCUT2D eigenvalue weighted by molar-refractivity contribution is 5.79. The van der Waals surface area contributed by atoms with Crippen LogP contribution in [-0.2, 0) is 11.2 Å². The van der Waals surface area contributed by atoms with Crippen molar-refractivity contribution in [1.82, 2.24) is 9.88 Å². The van der Waals surface area contributed by atoms with E-state index in [0.717, 1.165) is 36.9 Å². The molecule has 4 nitrogen and oxygen atoms in total. The van der Waals surface area contributed by atoms with Crippen LogP contribution in [0, 0.1) is 6.92 Å². The van der Waals surface area contributed by atoms with E-state index in [1.54, 1.807) is 6.20 Å². The molecule has 4 heteroatoms. The third-order valence-corrected chi connectivity index (χ3v) is 4.43. The van der Waals surface area contributed by atoms with E-state index in [-0.39, 0.29) is 24.1 Å². The summed E-state index contributed by atoms with van der Waals surface area (Å²) in [5, 5.41) is 9.77. The highest BCUT2D eigenvalue weighted by atomic mass is 16.3. The van der Waals surface area contributed by atoms with Crippen LogP contribution in [-0.4, -0.2) is 39.1 Å². The first-order valence-corrected chi connectivity index (χ1v) is 7.05. The average Bonchev–Trinajstić information content (AvgIpc) is 2.65. The number of amides is 1. The summed E-state index contributed by atoms with van der Waals surface area (Å²) in [6.45, 7) is 1.99. The van der Waals surface area contributed by atoms with Crippen LogP contribution < -0.4 is 0 Å². The first kappa shape index (κ1) is 12.6. The molecule has 0 saturated carbocycles. The summed E-state index contributed by atoms with van der Waals surface area (Å²) in [4.78, 5) is 18.8. The molecule has 0 radical (unpaired) electrons. The van der Waals surface area contributed by atoms with Crippen LogP contribution in [0.15, 0.2) is 18.3 Å². The van der Waals surface area contributed by atoms with Gasteiger partial charge in [0.05, 0.1) is 18.2 Å². The van der Waals surface area contributed by atoms with Crippen molar-refractivity contribution in [3.8, 4) is 0 Å². The van der Waals surface area contributed by atoms with Gasteiger partial charge in [-0.05, 0) is 44.2 Å². The number of aryl methyl sites for hydroxylation is 1. The molecule has 2 atom stereocenters. The fraction of sp³-hybridized carbons (Fsp3) is 0.600. The van der Waals surface area contributed by atoms with Gasteiger partial charge in [0.25, 0.3) is 0 Å². The molecule has 1 amide bonds. The number of carbonyl (C=O) groups excluding carboxylic acids is 1. The third kappa shape index (κ3) is 2.37. The molecular weight excluding hydrogens is 240 g/mol. The Hall–Kier alpha value is -1.42. The van der Waals surface area contributed by atoms with E-state index in [0.29, 0.717) is 6.42 Å². The predicted molar refractivity (Wildman–Crippen MR) is 71.6 cm³/mol. The molecule has 102 valence electrons. The zero-order valence-electron chi connectivity index (χ0n) is 11.2. The van der Waals surface area contributed by atoms with Gasteiger partial charge in [-0.25, -0.2) is 0 Å². The molecule has 3 rings (SSSR count). The van der Waals surface area contributed by atoms with E-state index in [9.17, 15) is 9.90 Å². The van der Waals surface area contributed by atoms with E-state index >= 15 is 0 Å². The van der Waals surface area contributed by atoms with Crippen LogP contribution in [0.4, 0.5) is 0 Å². The molecule has 0 aromatic carbocycles. The molecule has 1 aromatic heterocycles. The van der Waals surface area contributed by atoms with E-state index in [1.807, 2.05) is 24.0 Å². The average molecular weight is 260 g/mol. The molecule has 0 aliphatic carbocycles. The Morgan fingerprint density at radius 3 is 2.74 bits per heavy atom. The SMILES string of the molecule is Cc1cccnc1CC(=O)N1C2CCC1CC(O)C2. The fourth-order valence-corrected chi connectivity index (χ4v) is 3.49. The normalized spacial score (nSPS) is 29.6. The van der Waals surface area contributed by atoms with Crippen molar-refractivity contribution in [3.05, 3.63) is 29.6 Å². The summed E-state index contributed by atoms with van der Waals surface area (Å²) in [5.41, 5.74) is 1.94. The van der Waals surface area contributed by atoms with Crippen molar-refractivity contribution < 1.29 is 9.90 Å². The number of aliphatic hydroxyl groups excluding tert-OH is 1. The summed E-state index contributed by atoms with van der Waals surface area (Å²) in [6.07, 6.45) is 5.45. The molecule has 3 heterocycles. The smallest absolute Gasteiger partial charge is 0.229 e. The molecule has 2 aliphatic rings. The van der Waals surface area contributed by atoms with Crippen molar-refractivity contribution in [3.63, 3.8) is 0 Å². The number of nitrogens with zero attached hydrogens (tertiary/aromatic N) is 2. The minimum atomic E-state index is -0.224. The van der Waals surface area contributed by atoms with Crippen LogP contribution in [0.2, 0.25) is 0 Å². The second kappa shape index (κ2) is 4.93. The minimum Gasteiger partial charge on any atom is -0.393 e. The number of pyridine rings is 1. The summed E-state index contributed by atoms with van der Waals surface area (Å²) >= 11 is 0. The molecule has 2 bridgehead atoms. The molecule has 2 unspecified atom stereocenters. The van der Waals surface area contributed by atoms with Crippen molar-refractivity contribution >= 4 is 5.91 Å². The fourth-order valence-electron chi connectivity index (χ4n) is 3.49. The number of hydrogen-bond acceptors (Lipinski definition) is 3. The van der Waals surface area contributed by atoms with Crippen molar-refractivity contribution in [2.45, 2.75) is 57.2 Å². The molecule has 1 aromatic rings. The van der Waals surface area contributed by atoms with Crippen molar-refractivity contribution in [2.24, 2.45) is 0 Å². The molecular formula is C15H20N2O2. The highest BCUT2D eigenvalue weighted by Crippen LogP contribution is 2.36. The lowest BCUT2D eigenvalue weighted by Crippen LogP contribution is -2.48. The lowest BCUT2D eigenvalue weighted by Gasteiger charge is -2.37. The maximum Gasteiger partial charge on any atom is 0.229 e. The van der Waals surface area contributed by atoms with Gasteiger partial charge in [0.15, 0.2) is 0 Å². The zero-order chi connectivity index (χ0) is 13.4.